The van der Waals surface area contributed by atoms with Crippen molar-refractivity contribution in [3.8, 4) is 0 Å². The zero-order chi connectivity index (χ0) is 13.7. The summed E-state index contributed by atoms with van der Waals surface area (Å²) < 4.78 is 1.24. The van der Waals surface area contributed by atoms with E-state index in [0.29, 0.717) is 6.04 Å². The minimum absolute atomic E-state index is 0.637. The number of halogens is 1. The third-order valence-corrected chi connectivity index (χ3v) is 5.85. The molecular weight excluding hydrogens is 320 g/mol. The quantitative estimate of drug-likeness (QED) is 0.844. The maximum Gasteiger partial charge on any atom is 0.0701 e. The van der Waals surface area contributed by atoms with Gasteiger partial charge in [0.05, 0.1) is 3.79 Å². The molecule has 0 amide bonds. The molecule has 1 fully saturated rings. The average molecular weight is 345 g/mol. The fourth-order valence-electron chi connectivity index (χ4n) is 2.86. The zero-order valence-corrected chi connectivity index (χ0v) is 14.4. The van der Waals surface area contributed by atoms with E-state index in [2.05, 4.69) is 52.1 Å². The molecule has 4 heteroatoms. The standard InChI is InChI=1S/C15H25BrN2S/c1-3-18-10-4-5-13(11-18)12(2)17-9-8-14-6-7-15(16)19-14/h6-7,12-13,17H,3-5,8-11H2,1-2H3. The van der Waals surface area contributed by atoms with Gasteiger partial charge in [-0.15, -0.1) is 11.3 Å². The van der Waals surface area contributed by atoms with Crippen molar-refractivity contribution in [1.29, 1.82) is 0 Å². The highest BCUT2D eigenvalue weighted by molar-refractivity contribution is 9.11. The minimum Gasteiger partial charge on any atom is -0.314 e. The lowest BCUT2D eigenvalue weighted by molar-refractivity contribution is 0.157. The molecule has 0 saturated carbocycles. The highest BCUT2D eigenvalue weighted by Gasteiger charge is 2.23. The Morgan fingerprint density at radius 3 is 3.05 bits per heavy atom. The van der Waals surface area contributed by atoms with E-state index in [1.807, 2.05) is 11.3 Å². The molecule has 2 unspecified atom stereocenters. The lowest BCUT2D eigenvalue weighted by atomic mass is 9.91. The molecule has 0 spiro atoms. The molecule has 0 radical (unpaired) electrons. The van der Waals surface area contributed by atoms with Crippen LogP contribution in [0.3, 0.4) is 0 Å². The molecule has 0 aromatic carbocycles. The third-order valence-electron chi connectivity index (χ3n) is 4.16. The summed E-state index contributed by atoms with van der Waals surface area (Å²) in [6, 6.07) is 5.00. The first-order valence-corrected chi connectivity index (χ1v) is 9.00. The molecule has 2 heterocycles. The van der Waals surface area contributed by atoms with Crippen LogP contribution in [0, 0.1) is 5.92 Å². The molecule has 1 aromatic heterocycles. The van der Waals surface area contributed by atoms with Crippen LogP contribution in [0.5, 0.6) is 0 Å². The largest absolute Gasteiger partial charge is 0.314 e. The summed E-state index contributed by atoms with van der Waals surface area (Å²) >= 11 is 5.37. The molecule has 2 rings (SSSR count). The molecule has 0 aliphatic carbocycles. The van der Waals surface area contributed by atoms with Crippen LogP contribution < -0.4 is 5.32 Å². The molecule has 0 bridgehead atoms. The molecule has 1 aromatic rings. The van der Waals surface area contributed by atoms with Gasteiger partial charge in [-0.2, -0.15) is 0 Å². The first-order chi connectivity index (χ1) is 9.19. The number of rotatable bonds is 6. The van der Waals surface area contributed by atoms with Crippen molar-refractivity contribution in [3.05, 3.63) is 20.8 Å². The third kappa shape index (κ3) is 4.85. The zero-order valence-electron chi connectivity index (χ0n) is 12.0. The van der Waals surface area contributed by atoms with Gasteiger partial charge in [0, 0.05) is 24.0 Å². The predicted molar refractivity (Wildman–Crippen MR) is 88.0 cm³/mol. The van der Waals surface area contributed by atoms with Crippen molar-refractivity contribution >= 4 is 27.3 Å². The number of hydrogen-bond acceptors (Lipinski definition) is 3. The number of nitrogens with zero attached hydrogens (tertiary/aromatic N) is 1. The van der Waals surface area contributed by atoms with E-state index in [1.165, 1.54) is 41.1 Å². The number of likely N-dealkylation sites (tertiary alicyclic amines) is 1. The molecule has 108 valence electrons. The van der Waals surface area contributed by atoms with Gasteiger partial charge in [-0.25, -0.2) is 0 Å². The molecule has 1 aliphatic heterocycles. The first-order valence-electron chi connectivity index (χ1n) is 7.39. The van der Waals surface area contributed by atoms with Crippen LogP contribution in [0.2, 0.25) is 0 Å². The summed E-state index contributed by atoms with van der Waals surface area (Å²) in [4.78, 5) is 4.05. The topological polar surface area (TPSA) is 15.3 Å². The Kier molecular flexibility index (Phi) is 6.33. The highest BCUT2D eigenvalue weighted by Crippen LogP contribution is 2.22. The Bertz CT molecular complexity index is 380. The second kappa shape index (κ2) is 7.77. The van der Waals surface area contributed by atoms with Crippen molar-refractivity contribution in [3.63, 3.8) is 0 Å². The fraction of sp³-hybridized carbons (Fsp3) is 0.733. The van der Waals surface area contributed by atoms with Gasteiger partial charge in [0.15, 0.2) is 0 Å². The Morgan fingerprint density at radius 2 is 2.37 bits per heavy atom. The van der Waals surface area contributed by atoms with Crippen molar-refractivity contribution in [2.45, 2.75) is 39.2 Å². The molecule has 19 heavy (non-hydrogen) atoms. The van der Waals surface area contributed by atoms with Gasteiger partial charge in [-0.05, 0) is 73.3 Å². The lowest BCUT2D eigenvalue weighted by Gasteiger charge is -2.35. The van der Waals surface area contributed by atoms with E-state index < -0.39 is 0 Å². The maximum atomic E-state index is 3.72. The summed E-state index contributed by atoms with van der Waals surface area (Å²) in [5.41, 5.74) is 0. The number of piperidine rings is 1. The number of nitrogens with one attached hydrogen (secondary N) is 1. The Balaban J connectivity index is 1.70. The summed E-state index contributed by atoms with van der Waals surface area (Å²) in [5.74, 6) is 0.823. The lowest BCUT2D eigenvalue weighted by Crippen LogP contribution is -2.44. The van der Waals surface area contributed by atoms with Crippen molar-refractivity contribution in [2.75, 3.05) is 26.2 Å². The van der Waals surface area contributed by atoms with Gasteiger partial charge < -0.3 is 10.2 Å². The number of hydrogen-bond donors (Lipinski definition) is 1. The first kappa shape index (κ1) is 15.5. The Hall–Kier alpha value is 0.1000. The summed E-state index contributed by atoms with van der Waals surface area (Å²) in [7, 11) is 0. The summed E-state index contributed by atoms with van der Waals surface area (Å²) in [6.45, 7) is 9.49. The predicted octanol–water partition coefficient (Wildman–Crippen LogP) is 3.76. The smallest absolute Gasteiger partial charge is 0.0701 e. The van der Waals surface area contributed by atoms with E-state index in [-0.39, 0.29) is 0 Å². The molecule has 2 atom stereocenters. The second-order valence-corrected chi connectivity index (χ2v) is 8.04. The monoisotopic (exact) mass is 344 g/mol. The molecule has 1 N–H and O–H groups in total. The van der Waals surface area contributed by atoms with Gasteiger partial charge in [-0.1, -0.05) is 6.92 Å². The Labute approximate surface area is 129 Å². The van der Waals surface area contributed by atoms with E-state index in [0.717, 1.165) is 18.9 Å². The van der Waals surface area contributed by atoms with Crippen LogP contribution in [-0.4, -0.2) is 37.1 Å². The van der Waals surface area contributed by atoms with Crippen molar-refractivity contribution < 1.29 is 0 Å². The van der Waals surface area contributed by atoms with E-state index in [4.69, 9.17) is 0 Å². The average Bonchev–Trinajstić information content (AvgIpc) is 2.84. The summed E-state index contributed by atoms with van der Waals surface area (Å²) in [5, 5.41) is 3.72. The fourth-order valence-corrected chi connectivity index (χ4v) is 4.35. The summed E-state index contributed by atoms with van der Waals surface area (Å²) in [6.07, 6.45) is 3.89. The number of thiophene rings is 1. The van der Waals surface area contributed by atoms with Crippen molar-refractivity contribution in [1.82, 2.24) is 10.2 Å². The van der Waals surface area contributed by atoms with Crippen molar-refractivity contribution in [2.24, 2.45) is 5.92 Å². The Morgan fingerprint density at radius 1 is 1.53 bits per heavy atom. The molecule has 1 aliphatic rings. The van der Waals surface area contributed by atoms with E-state index >= 15 is 0 Å². The SMILES string of the molecule is CCN1CCCC(C(C)NCCc2ccc(Br)s2)C1. The van der Waals surface area contributed by atoms with Gasteiger partial charge in [-0.3, -0.25) is 0 Å². The van der Waals surface area contributed by atoms with Gasteiger partial charge >= 0.3 is 0 Å². The van der Waals surface area contributed by atoms with E-state index in [9.17, 15) is 0 Å². The van der Waals surface area contributed by atoms with Gasteiger partial charge in [0.25, 0.3) is 0 Å². The van der Waals surface area contributed by atoms with Crippen LogP contribution >= 0.6 is 27.3 Å². The second-order valence-electron chi connectivity index (χ2n) is 5.49. The highest BCUT2D eigenvalue weighted by atomic mass is 79.9. The van der Waals surface area contributed by atoms with Crippen LogP contribution in [0.25, 0.3) is 0 Å². The minimum atomic E-state index is 0.637. The van der Waals surface area contributed by atoms with Crippen LogP contribution in [0.15, 0.2) is 15.9 Å². The molecule has 2 nitrogen and oxygen atoms in total. The van der Waals surface area contributed by atoms with E-state index in [1.54, 1.807) is 0 Å². The molecular formula is C15H25BrN2S. The van der Waals surface area contributed by atoms with Crippen LogP contribution in [-0.2, 0) is 6.42 Å². The van der Waals surface area contributed by atoms with Crippen LogP contribution in [0.1, 0.15) is 31.6 Å². The normalized spacial score (nSPS) is 22.6. The maximum absolute atomic E-state index is 3.72. The van der Waals surface area contributed by atoms with Crippen LogP contribution in [0.4, 0.5) is 0 Å². The van der Waals surface area contributed by atoms with Gasteiger partial charge in [0.2, 0.25) is 0 Å². The molecule has 1 saturated heterocycles. The van der Waals surface area contributed by atoms with Gasteiger partial charge in [0.1, 0.15) is 0 Å².